The first-order valence-electron chi connectivity index (χ1n) is 7.25. The molecular weight excluding hydrogens is 374 g/mol. The number of hydrogen-bond donors (Lipinski definition) is 4. The zero-order valence-electron chi connectivity index (χ0n) is 13.1. The van der Waals surface area contributed by atoms with Crippen LogP contribution in [0.1, 0.15) is 23.3 Å². The minimum absolute atomic E-state index is 0.0256. The smallest absolute Gasteiger partial charge is 0.368 e. The highest BCUT2D eigenvalue weighted by Gasteiger charge is 2.51. The van der Waals surface area contributed by atoms with E-state index in [1.807, 2.05) is 0 Å². The summed E-state index contributed by atoms with van der Waals surface area (Å²) in [6.45, 7) is -0.432. The second kappa shape index (κ2) is 6.20. The average molecular weight is 389 g/mol. The third-order valence-corrected chi connectivity index (χ3v) is 4.28. The maximum absolute atomic E-state index is 12.3. The van der Waals surface area contributed by atoms with E-state index in [1.54, 1.807) is 0 Å². The Balaban J connectivity index is 1.96. The number of rotatable bonds is 5. The molecule has 0 aromatic carbocycles. The van der Waals surface area contributed by atoms with Gasteiger partial charge in [-0.25, -0.2) is 9.59 Å². The number of nitrogens with two attached hydrogens (primary N) is 2. The highest BCUT2D eigenvalue weighted by atomic mass is 32.3. The van der Waals surface area contributed by atoms with Crippen molar-refractivity contribution in [2.24, 2.45) is 11.5 Å². The molecule has 1 saturated heterocycles. The Labute approximate surface area is 146 Å². The van der Waals surface area contributed by atoms with E-state index in [9.17, 15) is 22.8 Å². The molecule has 2 unspecified atom stereocenters. The van der Waals surface area contributed by atoms with E-state index < -0.39 is 47.0 Å². The molecule has 6 N–H and O–H groups in total. The van der Waals surface area contributed by atoms with Gasteiger partial charge in [0, 0.05) is 18.3 Å². The molecule has 2 aliphatic rings. The molecule has 0 aliphatic carbocycles. The van der Waals surface area contributed by atoms with Crippen molar-refractivity contribution in [3.63, 3.8) is 0 Å². The highest BCUT2D eigenvalue weighted by Crippen LogP contribution is 2.43. The summed E-state index contributed by atoms with van der Waals surface area (Å²) in [6, 6.07) is -3.23. The van der Waals surface area contributed by atoms with E-state index in [0.717, 1.165) is 4.68 Å². The van der Waals surface area contributed by atoms with Gasteiger partial charge in [0.1, 0.15) is 6.04 Å². The van der Waals surface area contributed by atoms with Crippen LogP contribution in [0.5, 0.6) is 0 Å². The molecule has 0 saturated carbocycles. The zero-order valence-corrected chi connectivity index (χ0v) is 13.9. The molecule has 1 aromatic heterocycles. The first kappa shape index (κ1) is 18.1. The fourth-order valence-corrected chi connectivity index (χ4v) is 3.29. The monoisotopic (exact) mass is 389 g/mol. The number of hydroxylamine groups is 2. The topological polar surface area (TPSA) is 203 Å². The molecule has 0 radical (unpaired) electrons. The number of hydrogen-bond acceptors (Lipinski definition) is 8. The highest BCUT2D eigenvalue weighted by molar-refractivity contribution is 7.80. The van der Waals surface area contributed by atoms with Gasteiger partial charge >= 0.3 is 22.5 Å². The van der Waals surface area contributed by atoms with Gasteiger partial charge in [0.05, 0.1) is 24.8 Å². The molecule has 1 aromatic rings. The lowest BCUT2D eigenvalue weighted by Crippen LogP contribution is -2.39. The summed E-state index contributed by atoms with van der Waals surface area (Å²) < 4.78 is 36.2. The fourth-order valence-electron chi connectivity index (χ4n) is 2.92. The fraction of sp³-hybridized carbons (Fsp3) is 0.455. The molecule has 142 valence electrons. The van der Waals surface area contributed by atoms with Crippen molar-refractivity contribution in [3.8, 4) is 0 Å². The van der Waals surface area contributed by atoms with Gasteiger partial charge in [-0.05, 0) is 0 Å². The molecular formula is C11H15N7O7S. The molecule has 26 heavy (non-hydrogen) atoms. The van der Waals surface area contributed by atoms with Gasteiger partial charge < -0.3 is 21.7 Å². The van der Waals surface area contributed by atoms with Crippen LogP contribution in [0.25, 0.3) is 0 Å². The minimum Gasteiger partial charge on any atom is -0.368 e. The number of carbonyl (C=O) groups excluding carboxylic acids is 3. The Bertz CT molecular complexity index is 881. The molecule has 2 aliphatic heterocycles. The molecule has 3 rings (SSSR count). The van der Waals surface area contributed by atoms with Crippen LogP contribution < -0.4 is 16.8 Å². The van der Waals surface area contributed by atoms with Crippen LogP contribution in [0.3, 0.4) is 0 Å². The number of amides is 4. The number of fused-ring (bicyclic) bond motifs is 4. The summed E-state index contributed by atoms with van der Waals surface area (Å²) in [4.78, 5) is 36.3. The third-order valence-electron chi connectivity index (χ3n) is 3.93. The SMILES string of the molecule is NCC1c2nn(C(=O)NCC(N)=O)cc2C2CN1C(=O)N2OS(=O)(=O)O. The van der Waals surface area contributed by atoms with Crippen LogP contribution in [0.4, 0.5) is 9.59 Å². The molecule has 0 spiro atoms. The Morgan fingerprint density at radius 2 is 2.15 bits per heavy atom. The maximum Gasteiger partial charge on any atom is 0.418 e. The van der Waals surface area contributed by atoms with Crippen molar-refractivity contribution < 1.29 is 31.6 Å². The van der Waals surface area contributed by atoms with Gasteiger partial charge in [-0.2, -0.15) is 23.3 Å². The lowest BCUT2D eigenvalue weighted by molar-refractivity contribution is -0.117. The summed E-state index contributed by atoms with van der Waals surface area (Å²) in [6.07, 6.45) is 1.26. The van der Waals surface area contributed by atoms with Gasteiger partial charge in [0.2, 0.25) is 5.91 Å². The van der Waals surface area contributed by atoms with E-state index in [4.69, 9.17) is 16.0 Å². The van der Waals surface area contributed by atoms with Crippen molar-refractivity contribution in [2.75, 3.05) is 19.6 Å². The summed E-state index contributed by atoms with van der Waals surface area (Å²) in [5.41, 5.74) is 11.2. The number of primary amides is 1. The predicted octanol–water partition coefficient (Wildman–Crippen LogP) is -2.55. The van der Waals surface area contributed by atoms with Crippen LogP contribution in [-0.2, 0) is 19.5 Å². The van der Waals surface area contributed by atoms with Crippen LogP contribution in [0.15, 0.2) is 6.20 Å². The van der Waals surface area contributed by atoms with Crippen LogP contribution in [0, 0.1) is 0 Å². The van der Waals surface area contributed by atoms with E-state index >= 15 is 0 Å². The molecule has 3 heterocycles. The number of carbonyl (C=O) groups is 3. The van der Waals surface area contributed by atoms with Crippen LogP contribution in [-0.4, -0.2) is 70.3 Å². The van der Waals surface area contributed by atoms with Gasteiger partial charge in [0.15, 0.2) is 0 Å². The lowest BCUT2D eigenvalue weighted by atomic mass is 9.98. The van der Waals surface area contributed by atoms with E-state index in [1.165, 1.54) is 11.1 Å². The molecule has 2 atom stereocenters. The molecule has 2 bridgehead atoms. The quantitative estimate of drug-likeness (QED) is 0.391. The summed E-state index contributed by atoms with van der Waals surface area (Å²) in [5.74, 6) is -0.751. The van der Waals surface area contributed by atoms with Crippen LogP contribution >= 0.6 is 0 Å². The van der Waals surface area contributed by atoms with Crippen molar-refractivity contribution in [3.05, 3.63) is 17.5 Å². The number of nitrogens with one attached hydrogen (secondary N) is 1. The standard InChI is InChI=1S/C11H15N7O7S/c12-1-6-9-5(3-17(15-9)10(20)14-2-8(13)19)7-4-16(6)11(21)18(7)25-26(22,23)24/h3,6-7H,1-2,4,12H2,(H2,13,19)(H,14,20)(H,22,23,24). The summed E-state index contributed by atoms with van der Waals surface area (Å²) >= 11 is 0. The van der Waals surface area contributed by atoms with E-state index in [0.29, 0.717) is 10.6 Å². The first-order valence-corrected chi connectivity index (χ1v) is 8.61. The Morgan fingerprint density at radius 3 is 2.73 bits per heavy atom. The number of nitrogens with zero attached hydrogens (tertiary/aromatic N) is 4. The minimum atomic E-state index is -4.94. The van der Waals surface area contributed by atoms with Gasteiger partial charge in [-0.15, -0.1) is 4.28 Å². The van der Waals surface area contributed by atoms with Crippen molar-refractivity contribution >= 4 is 28.4 Å². The Morgan fingerprint density at radius 1 is 1.46 bits per heavy atom. The van der Waals surface area contributed by atoms with Gasteiger partial charge in [0.25, 0.3) is 0 Å². The summed E-state index contributed by atoms with van der Waals surface area (Å²) in [7, 11) is -4.94. The maximum atomic E-state index is 12.3. The first-order chi connectivity index (χ1) is 12.1. The van der Waals surface area contributed by atoms with Crippen molar-refractivity contribution in [1.82, 2.24) is 25.1 Å². The second-order valence-electron chi connectivity index (χ2n) is 5.57. The second-order valence-corrected chi connectivity index (χ2v) is 6.57. The molecule has 1 fully saturated rings. The average Bonchev–Trinajstić information content (AvgIpc) is 3.09. The Kier molecular flexibility index (Phi) is 4.31. The molecule has 4 amide bonds. The molecule has 14 nitrogen and oxygen atoms in total. The van der Waals surface area contributed by atoms with Crippen LogP contribution in [0.2, 0.25) is 0 Å². The number of urea groups is 1. The molecule has 15 heteroatoms. The number of aromatic nitrogens is 2. The Hall–Kier alpha value is -2.75. The van der Waals surface area contributed by atoms with Gasteiger partial charge in [-0.1, -0.05) is 0 Å². The van der Waals surface area contributed by atoms with Gasteiger partial charge in [-0.3, -0.25) is 9.35 Å². The van der Waals surface area contributed by atoms with E-state index in [-0.39, 0.29) is 18.8 Å². The van der Waals surface area contributed by atoms with E-state index in [2.05, 4.69) is 14.7 Å². The van der Waals surface area contributed by atoms with Crippen molar-refractivity contribution in [1.29, 1.82) is 0 Å². The summed E-state index contributed by atoms with van der Waals surface area (Å²) in [5, 5.41) is 6.79. The zero-order chi connectivity index (χ0) is 19.2. The lowest BCUT2D eigenvalue weighted by Gasteiger charge is -2.28. The van der Waals surface area contributed by atoms with Crippen molar-refractivity contribution in [2.45, 2.75) is 12.1 Å². The third kappa shape index (κ3) is 3.07. The largest absolute Gasteiger partial charge is 0.418 e. The predicted molar refractivity (Wildman–Crippen MR) is 81.3 cm³/mol. The normalized spacial score (nSPS) is 21.7.